The molecular formula is C9H13N5S. The van der Waals surface area contributed by atoms with Crippen molar-refractivity contribution in [3.8, 4) is 6.07 Å². The van der Waals surface area contributed by atoms with E-state index in [9.17, 15) is 0 Å². The first kappa shape index (κ1) is 11.6. The molecule has 0 aliphatic heterocycles. The van der Waals surface area contributed by atoms with Crippen LogP contribution in [-0.2, 0) is 0 Å². The van der Waals surface area contributed by atoms with E-state index in [1.54, 1.807) is 0 Å². The van der Waals surface area contributed by atoms with Gasteiger partial charge in [0.05, 0.1) is 0 Å². The lowest BCUT2D eigenvalue weighted by Crippen LogP contribution is -2.14. The quantitative estimate of drug-likeness (QED) is 0.596. The van der Waals surface area contributed by atoms with Gasteiger partial charge in [0.2, 0.25) is 5.95 Å². The molecule has 1 heterocycles. The molecule has 0 radical (unpaired) electrons. The summed E-state index contributed by atoms with van der Waals surface area (Å²) in [6.07, 6.45) is 1.85. The fourth-order valence-electron chi connectivity index (χ4n) is 1.08. The lowest BCUT2D eigenvalue weighted by Gasteiger charge is -2.12. The van der Waals surface area contributed by atoms with Gasteiger partial charge in [0.25, 0.3) is 0 Å². The number of aromatic nitrogens is 2. The van der Waals surface area contributed by atoms with Gasteiger partial charge in [-0.2, -0.15) is 10.2 Å². The number of nitrogens with zero attached hydrogens (tertiary/aromatic N) is 3. The van der Waals surface area contributed by atoms with E-state index < -0.39 is 0 Å². The third-order valence-corrected chi connectivity index (χ3v) is 2.31. The molecule has 0 saturated carbocycles. The van der Waals surface area contributed by atoms with Gasteiger partial charge in [0.15, 0.2) is 5.82 Å². The Kier molecular flexibility index (Phi) is 3.74. The van der Waals surface area contributed by atoms with E-state index in [1.807, 2.05) is 20.1 Å². The maximum atomic E-state index is 9.01. The molecule has 1 aromatic heterocycles. The summed E-state index contributed by atoms with van der Waals surface area (Å²) in [5.74, 6) is 0.686. The topological polar surface area (TPSA) is 87.6 Å². The molecule has 0 aliphatic rings. The number of anilines is 2. The molecule has 15 heavy (non-hydrogen) atoms. The molecule has 0 unspecified atom stereocenters. The highest BCUT2D eigenvalue weighted by atomic mass is 32.2. The Labute approximate surface area is 93.1 Å². The van der Waals surface area contributed by atoms with Crippen LogP contribution in [0.2, 0.25) is 0 Å². The molecule has 1 rings (SSSR count). The Balaban J connectivity index is 3.24. The van der Waals surface area contributed by atoms with Crippen molar-refractivity contribution in [2.45, 2.75) is 24.9 Å². The number of nitriles is 1. The van der Waals surface area contributed by atoms with Crippen molar-refractivity contribution in [3.63, 3.8) is 0 Å². The van der Waals surface area contributed by atoms with Crippen molar-refractivity contribution < 1.29 is 0 Å². The van der Waals surface area contributed by atoms with E-state index in [4.69, 9.17) is 11.0 Å². The number of hydrogen-bond acceptors (Lipinski definition) is 6. The molecule has 0 saturated heterocycles. The standard InChI is InChI=1S/C9H13N5S/c1-5(2)12-7-6(4-10)8(15-3)14-9(11)13-7/h5H,1-3H3,(H3,11,12,13,14). The van der Waals surface area contributed by atoms with Crippen LogP contribution in [0.4, 0.5) is 11.8 Å². The van der Waals surface area contributed by atoms with Crippen molar-refractivity contribution in [1.82, 2.24) is 9.97 Å². The molecule has 0 fully saturated rings. The zero-order valence-electron chi connectivity index (χ0n) is 8.90. The van der Waals surface area contributed by atoms with E-state index in [2.05, 4.69) is 21.4 Å². The second kappa shape index (κ2) is 4.84. The minimum absolute atomic E-state index is 0.182. The zero-order valence-corrected chi connectivity index (χ0v) is 9.72. The first-order valence-corrected chi connectivity index (χ1v) is 5.69. The molecule has 0 aliphatic carbocycles. The van der Waals surface area contributed by atoms with Gasteiger partial charge in [-0.05, 0) is 20.1 Å². The lowest BCUT2D eigenvalue weighted by atomic mass is 10.3. The highest BCUT2D eigenvalue weighted by Crippen LogP contribution is 2.24. The van der Waals surface area contributed by atoms with Gasteiger partial charge >= 0.3 is 0 Å². The van der Waals surface area contributed by atoms with Crippen LogP contribution < -0.4 is 11.1 Å². The first-order chi connectivity index (χ1) is 7.08. The summed E-state index contributed by atoms with van der Waals surface area (Å²) in [5, 5.41) is 12.7. The van der Waals surface area contributed by atoms with Crippen molar-refractivity contribution in [2.24, 2.45) is 0 Å². The van der Waals surface area contributed by atoms with Crippen LogP contribution >= 0.6 is 11.8 Å². The fraction of sp³-hybridized carbons (Fsp3) is 0.444. The highest BCUT2D eigenvalue weighted by molar-refractivity contribution is 7.98. The maximum Gasteiger partial charge on any atom is 0.223 e. The van der Waals surface area contributed by atoms with Gasteiger partial charge in [-0.15, -0.1) is 11.8 Å². The Morgan fingerprint density at radius 3 is 2.60 bits per heavy atom. The third-order valence-electron chi connectivity index (χ3n) is 1.62. The van der Waals surface area contributed by atoms with Gasteiger partial charge < -0.3 is 11.1 Å². The molecular weight excluding hydrogens is 210 g/mol. The molecule has 0 atom stereocenters. The van der Waals surface area contributed by atoms with Crippen molar-refractivity contribution in [3.05, 3.63) is 5.56 Å². The average Bonchev–Trinajstić information content (AvgIpc) is 2.15. The molecule has 3 N–H and O–H groups in total. The van der Waals surface area contributed by atoms with E-state index in [1.165, 1.54) is 11.8 Å². The molecule has 1 aromatic rings. The molecule has 80 valence electrons. The van der Waals surface area contributed by atoms with Crippen molar-refractivity contribution in [2.75, 3.05) is 17.3 Å². The summed E-state index contributed by atoms with van der Waals surface area (Å²) in [5.41, 5.74) is 6.00. The Bertz CT molecular complexity index is 396. The number of thioether (sulfide) groups is 1. The van der Waals surface area contributed by atoms with E-state index in [0.717, 1.165) is 0 Å². The monoisotopic (exact) mass is 223 g/mol. The van der Waals surface area contributed by atoms with Crippen LogP contribution in [0.1, 0.15) is 19.4 Å². The van der Waals surface area contributed by atoms with Gasteiger partial charge in [-0.3, -0.25) is 0 Å². The number of nitrogen functional groups attached to an aromatic ring is 1. The fourth-order valence-corrected chi connectivity index (χ4v) is 1.61. The second-order valence-corrected chi connectivity index (χ2v) is 4.02. The van der Waals surface area contributed by atoms with Crippen LogP contribution in [0.25, 0.3) is 0 Å². The number of nitrogens with one attached hydrogen (secondary N) is 1. The summed E-state index contributed by atoms with van der Waals surface area (Å²) in [7, 11) is 0. The Hall–Kier alpha value is -1.48. The summed E-state index contributed by atoms with van der Waals surface area (Å²) < 4.78 is 0. The van der Waals surface area contributed by atoms with Gasteiger partial charge in [0.1, 0.15) is 16.7 Å². The summed E-state index contributed by atoms with van der Waals surface area (Å²) in [6.45, 7) is 3.94. The third kappa shape index (κ3) is 2.73. The second-order valence-electron chi connectivity index (χ2n) is 3.23. The van der Waals surface area contributed by atoms with Crippen LogP contribution in [0.5, 0.6) is 0 Å². The van der Waals surface area contributed by atoms with E-state index in [-0.39, 0.29) is 12.0 Å². The average molecular weight is 223 g/mol. The van der Waals surface area contributed by atoms with Crippen LogP contribution in [0.15, 0.2) is 5.03 Å². The van der Waals surface area contributed by atoms with Gasteiger partial charge in [0, 0.05) is 6.04 Å². The van der Waals surface area contributed by atoms with Gasteiger partial charge in [-0.25, -0.2) is 4.98 Å². The lowest BCUT2D eigenvalue weighted by molar-refractivity contribution is 0.879. The molecule has 0 amide bonds. The number of nitrogens with two attached hydrogens (primary N) is 1. The summed E-state index contributed by atoms with van der Waals surface area (Å²) in [6, 6.07) is 2.28. The van der Waals surface area contributed by atoms with Crippen molar-refractivity contribution >= 4 is 23.5 Å². The number of rotatable bonds is 3. The Morgan fingerprint density at radius 2 is 2.13 bits per heavy atom. The first-order valence-electron chi connectivity index (χ1n) is 4.46. The van der Waals surface area contributed by atoms with Crippen LogP contribution in [0.3, 0.4) is 0 Å². The molecule has 0 spiro atoms. The largest absolute Gasteiger partial charge is 0.368 e. The van der Waals surface area contributed by atoms with E-state index in [0.29, 0.717) is 16.4 Å². The minimum Gasteiger partial charge on any atom is -0.368 e. The number of hydrogen-bond donors (Lipinski definition) is 2. The molecule has 6 heteroatoms. The van der Waals surface area contributed by atoms with Crippen molar-refractivity contribution in [1.29, 1.82) is 5.26 Å². The van der Waals surface area contributed by atoms with Crippen LogP contribution in [-0.4, -0.2) is 22.3 Å². The minimum atomic E-state index is 0.182. The van der Waals surface area contributed by atoms with Crippen LogP contribution in [0, 0.1) is 11.3 Å². The highest BCUT2D eigenvalue weighted by Gasteiger charge is 2.12. The predicted octanol–water partition coefficient (Wildman–Crippen LogP) is 1.47. The molecule has 5 nitrogen and oxygen atoms in total. The van der Waals surface area contributed by atoms with Gasteiger partial charge in [-0.1, -0.05) is 0 Å². The Morgan fingerprint density at radius 1 is 1.47 bits per heavy atom. The van der Waals surface area contributed by atoms with E-state index >= 15 is 0 Å². The SMILES string of the molecule is CSc1nc(N)nc(NC(C)C)c1C#N. The molecule has 0 aromatic carbocycles. The summed E-state index contributed by atoms with van der Waals surface area (Å²) >= 11 is 1.38. The normalized spacial score (nSPS) is 10.1. The zero-order chi connectivity index (χ0) is 11.4. The predicted molar refractivity (Wildman–Crippen MR) is 61.7 cm³/mol. The maximum absolute atomic E-state index is 9.01. The smallest absolute Gasteiger partial charge is 0.223 e. The molecule has 0 bridgehead atoms. The summed E-state index contributed by atoms with van der Waals surface area (Å²) in [4.78, 5) is 8.01.